The maximum Gasteiger partial charge on any atom is 0.229 e. The van der Waals surface area contributed by atoms with Crippen molar-refractivity contribution in [2.24, 2.45) is 0 Å². The molecule has 4 rings (SSSR count). The van der Waals surface area contributed by atoms with Crippen molar-refractivity contribution in [3.63, 3.8) is 0 Å². The van der Waals surface area contributed by atoms with Gasteiger partial charge >= 0.3 is 0 Å². The summed E-state index contributed by atoms with van der Waals surface area (Å²) in [4.78, 5) is 20.3. The molecule has 0 unspecified atom stereocenters. The van der Waals surface area contributed by atoms with E-state index >= 15 is 0 Å². The van der Waals surface area contributed by atoms with Crippen molar-refractivity contribution in [3.05, 3.63) is 101 Å². The molecule has 0 aliphatic carbocycles. The lowest BCUT2D eigenvalue weighted by molar-refractivity contribution is -0.117. The maximum atomic E-state index is 14.9. The average molecular weight is 580 g/mol. The minimum Gasteiger partial charge on any atom is -0.505 e. The second kappa shape index (κ2) is 12.8. The Hall–Kier alpha value is -4.40. The number of halogens is 2. The molecule has 1 aromatic heterocycles. The molecule has 0 aliphatic rings. The Kier molecular flexibility index (Phi) is 9.27. The Bertz CT molecular complexity index is 1720. The van der Waals surface area contributed by atoms with Crippen LogP contribution in [0.15, 0.2) is 66.9 Å². The number of fused-ring (bicyclic) bond motifs is 1. The third-order valence-corrected chi connectivity index (χ3v) is 8.14. The monoisotopic (exact) mass is 579 g/mol. The molecule has 0 saturated heterocycles. The zero-order chi connectivity index (χ0) is 29.6. The van der Waals surface area contributed by atoms with Crippen molar-refractivity contribution in [2.75, 3.05) is 26.5 Å². The lowest BCUT2D eigenvalue weighted by atomic mass is 10.0. The number of ketones is 1. The number of benzene rings is 3. The second-order valence-electron chi connectivity index (χ2n) is 9.43. The molecule has 0 fully saturated rings. The van der Waals surface area contributed by atoms with Crippen LogP contribution in [-0.4, -0.2) is 49.9 Å². The number of pyridine rings is 1. The summed E-state index contributed by atoms with van der Waals surface area (Å²) in [6, 6.07) is 14.5. The number of carbonyl (C=O) groups excluding carboxylic acids is 1. The molecule has 0 aliphatic heterocycles. The SMILES string of the molecule is [C-]#[N+]c1cc2c(Oc3ccc(CC(=O)Cc4ccc(F)cc4)c(F)c3)ccnc2cc1OCCCS(=O)(=O)N(C)C. The molecule has 212 valence electrons. The van der Waals surface area contributed by atoms with Crippen LogP contribution in [0.5, 0.6) is 17.2 Å². The summed E-state index contributed by atoms with van der Waals surface area (Å²) in [5.41, 5.74) is 1.51. The Labute approximate surface area is 237 Å². The number of nitrogens with zero attached hydrogens (tertiary/aromatic N) is 3. The van der Waals surface area contributed by atoms with Crippen LogP contribution >= 0.6 is 0 Å². The Morgan fingerprint density at radius 1 is 1.00 bits per heavy atom. The van der Waals surface area contributed by atoms with Gasteiger partial charge in [0.05, 0.1) is 24.4 Å². The van der Waals surface area contributed by atoms with Gasteiger partial charge in [-0.05, 0) is 53.9 Å². The van der Waals surface area contributed by atoms with Crippen molar-refractivity contribution in [1.29, 1.82) is 0 Å². The molecular weight excluding hydrogens is 552 g/mol. The Morgan fingerprint density at radius 2 is 1.76 bits per heavy atom. The molecule has 4 aromatic rings. The number of rotatable bonds is 12. The molecule has 0 bridgehead atoms. The van der Waals surface area contributed by atoms with E-state index in [-0.39, 0.29) is 60.2 Å². The first-order valence-corrected chi connectivity index (χ1v) is 14.2. The molecule has 0 spiro atoms. The van der Waals surface area contributed by atoms with E-state index in [9.17, 15) is 22.0 Å². The van der Waals surface area contributed by atoms with Gasteiger partial charge in [0, 0.05) is 44.6 Å². The molecular formula is C30H27F2N3O5S. The van der Waals surface area contributed by atoms with Crippen molar-refractivity contribution in [1.82, 2.24) is 9.29 Å². The fourth-order valence-corrected chi connectivity index (χ4v) is 4.85. The topological polar surface area (TPSA) is 90.2 Å². The highest BCUT2D eigenvalue weighted by Gasteiger charge is 2.16. The summed E-state index contributed by atoms with van der Waals surface area (Å²) in [6.07, 6.45) is 1.68. The number of aromatic nitrogens is 1. The van der Waals surface area contributed by atoms with Crippen molar-refractivity contribution >= 4 is 32.4 Å². The molecule has 0 radical (unpaired) electrons. The number of Topliss-reactive ketones (excluding diaryl/α,β-unsaturated/α-hetero) is 1. The first kappa shape index (κ1) is 29.6. The van der Waals surface area contributed by atoms with E-state index in [0.717, 1.165) is 4.31 Å². The lowest BCUT2D eigenvalue weighted by Gasteiger charge is -2.14. The van der Waals surface area contributed by atoms with E-state index in [2.05, 4.69) is 9.83 Å². The number of carbonyl (C=O) groups is 1. The molecule has 3 aromatic carbocycles. The quantitative estimate of drug-likeness (QED) is 0.154. The second-order valence-corrected chi connectivity index (χ2v) is 11.7. The first-order valence-electron chi connectivity index (χ1n) is 12.6. The number of sulfonamides is 1. The summed E-state index contributed by atoms with van der Waals surface area (Å²) < 4.78 is 64.6. The van der Waals surface area contributed by atoms with E-state index in [4.69, 9.17) is 16.0 Å². The molecule has 1 heterocycles. The average Bonchev–Trinajstić information content (AvgIpc) is 2.93. The maximum absolute atomic E-state index is 14.9. The highest BCUT2D eigenvalue weighted by molar-refractivity contribution is 7.89. The lowest BCUT2D eigenvalue weighted by Crippen LogP contribution is -2.25. The minimum atomic E-state index is -3.36. The number of ether oxygens (including phenoxy) is 2. The van der Waals surface area contributed by atoms with Crippen LogP contribution in [0.1, 0.15) is 17.5 Å². The third kappa shape index (κ3) is 7.63. The summed E-state index contributed by atoms with van der Waals surface area (Å²) >= 11 is 0. The van der Waals surface area contributed by atoms with Crippen molar-refractivity contribution in [2.45, 2.75) is 19.3 Å². The number of hydrogen-bond donors (Lipinski definition) is 0. The van der Waals surface area contributed by atoms with Crippen LogP contribution in [0.25, 0.3) is 15.7 Å². The molecule has 41 heavy (non-hydrogen) atoms. The third-order valence-electron chi connectivity index (χ3n) is 6.22. The van der Waals surface area contributed by atoms with E-state index in [1.54, 1.807) is 24.3 Å². The van der Waals surface area contributed by atoms with Gasteiger partial charge in [-0.15, -0.1) is 0 Å². The predicted octanol–water partition coefficient (Wildman–Crippen LogP) is 5.87. The molecule has 11 heteroatoms. The first-order chi connectivity index (χ1) is 19.6. The zero-order valence-electron chi connectivity index (χ0n) is 22.4. The van der Waals surface area contributed by atoms with Crippen LogP contribution in [0.2, 0.25) is 0 Å². The van der Waals surface area contributed by atoms with Crippen LogP contribution in [0, 0.1) is 18.2 Å². The van der Waals surface area contributed by atoms with Gasteiger partial charge in [-0.2, -0.15) is 0 Å². The van der Waals surface area contributed by atoms with Crippen LogP contribution in [0.4, 0.5) is 14.5 Å². The Morgan fingerprint density at radius 3 is 2.44 bits per heavy atom. The fraction of sp³-hybridized carbons (Fsp3) is 0.233. The molecule has 0 amide bonds. The predicted molar refractivity (Wildman–Crippen MR) is 151 cm³/mol. The largest absolute Gasteiger partial charge is 0.505 e. The van der Waals surface area contributed by atoms with Crippen molar-refractivity contribution < 1.29 is 31.5 Å². The summed E-state index contributed by atoms with van der Waals surface area (Å²) in [7, 11) is -0.431. The summed E-state index contributed by atoms with van der Waals surface area (Å²) in [5, 5.41) is 0.500. The van der Waals surface area contributed by atoms with E-state index in [1.807, 2.05) is 0 Å². The van der Waals surface area contributed by atoms with Crippen LogP contribution in [-0.2, 0) is 27.7 Å². The van der Waals surface area contributed by atoms with Crippen LogP contribution < -0.4 is 9.47 Å². The van der Waals surface area contributed by atoms with Gasteiger partial charge < -0.3 is 9.47 Å². The minimum absolute atomic E-state index is 0.0608. The summed E-state index contributed by atoms with van der Waals surface area (Å²) in [5.74, 6) is -0.515. The molecule has 8 nitrogen and oxygen atoms in total. The van der Waals surface area contributed by atoms with Gasteiger partial charge in [0.2, 0.25) is 15.7 Å². The van der Waals surface area contributed by atoms with Crippen LogP contribution in [0.3, 0.4) is 0 Å². The standard InChI is InChI=1S/C30H27F2N3O5S/c1-33-28-18-25-27(19-30(28)39-13-4-14-41(37,38)35(2)3)34-12-11-29(25)40-24-10-7-21(26(32)17-24)16-23(36)15-20-5-8-22(31)9-6-20/h5-12,17-19H,4,13-16H2,2-3H3. The highest BCUT2D eigenvalue weighted by Crippen LogP contribution is 2.37. The molecule has 0 N–H and O–H groups in total. The summed E-state index contributed by atoms with van der Waals surface area (Å²) in [6.45, 7) is 7.66. The molecule has 0 atom stereocenters. The Balaban J connectivity index is 1.46. The van der Waals surface area contributed by atoms with Gasteiger partial charge in [0.25, 0.3) is 0 Å². The fourth-order valence-electron chi connectivity index (χ4n) is 4.00. The smallest absolute Gasteiger partial charge is 0.229 e. The van der Waals surface area contributed by atoms with Gasteiger partial charge in [-0.3, -0.25) is 9.78 Å². The van der Waals surface area contributed by atoms with E-state index in [0.29, 0.717) is 22.2 Å². The number of hydrogen-bond acceptors (Lipinski definition) is 6. The highest BCUT2D eigenvalue weighted by atomic mass is 32.2. The van der Waals surface area contributed by atoms with Crippen molar-refractivity contribution in [3.8, 4) is 17.2 Å². The van der Waals surface area contributed by atoms with E-state index in [1.165, 1.54) is 56.7 Å². The van der Waals surface area contributed by atoms with Gasteiger partial charge in [0.15, 0.2) is 0 Å². The zero-order valence-corrected chi connectivity index (χ0v) is 23.2. The van der Waals surface area contributed by atoms with E-state index < -0.39 is 21.7 Å². The molecule has 0 saturated carbocycles. The normalized spacial score (nSPS) is 11.4. The van der Waals surface area contributed by atoms with Gasteiger partial charge in [-0.1, -0.05) is 18.2 Å². The van der Waals surface area contributed by atoms with Gasteiger partial charge in [-0.25, -0.2) is 26.3 Å². The van der Waals surface area contributed by atoms with Gasteiger partial charge in [0.1, 0.15) is 34.7 Å².